The Morgan fingerprint density at radius 2 is 1.69 bits per heavy atom. The van der Waals surface area contributed by atoms with E-state index >= 15 is 0 Å². The van der Waals surface area contributed by atoms with Crippen molar-refractivity contribution < 1.29 is 19.1 Å². The van der Waals surface area contributed by atoms with Crippen LogP contribution in [0.25, 0.3) is 6.08 Å². The molecule has 1 fully saturated rings. The van der Waals surface area contributed by atoms with E-state index in [9.17, 15) is 14.4 Å². The molecule has 0 saturated carbocycles. The van der Waals surface area contributed by atoms with Crippen LogP contribution in [-0.2, 0) is 9.59 Å². The Balaban J connectivity index is 1.42. The number of nitrogens with zero attached hydrogens (tertiary/aromatic N) is 1. The van der Waals surface area contributed by atoms with Crippen LogP contribution in [0.2, 0.25) is 0 Å². The fraction of sp³-hybridized carbons (Fsp3) is 0.0417. The number of ether oxygens (including phenoxy) is 1. The molecular weight excluding hydrogens is 474 g/mol. The number of para-hydroxylation sites is 2. The van der Waals surface area contributed by atoms with E-state index in [1.165, 1.54) is 0 Å². The number of urea groups is 1. The predicted molar refractivity (Wildman–Crippen MR) is 125 cm³/mol. The predicted octanol–water partition coefficient (Wildman–Crippen LogP) is 4.56. The molecule has 4 amide bonds. The maximum Gasteiger partial charge on any atom is 0.333 e. The number of hydrogen-bond acceptors (Lipinski definition) is 4. The number of imide groups is 1. The molecular formula is C24H18BrN3O4. The summed E-state index contributed by atoms with van der Waals surface area (Å²) in [7, 11) is 0. The largest absolute Gasteiger partial charge is 0.483 e. The maximum atomic E-state index is 12.7. The minimum absolute atomic E-state index is 0.158. The fourth-order valence-electron chi connectivity index (χ4n) is 3.10. The second-order valence-corrected chi connectivity index (χ2v) is 7.71. The molecule has 1 aliphatic rings. The van der Waals surface area contributed by atoms with Gasteiger partial charge in [-0.3, -0.25) is 9.59 Å². The number of carbonyl (C=O) groups excluding carboxylic acids is 3. The van der Waals surface area contributed by atoms with Gasteiger partial charge in [0.2, 0.25) is 0 Å². The highest BCUT2D eigenvalue weighted by Gasteiger charge is 2.34. The number of hydrogen-bond donors (Lipinski definition) is 2. The Hall–Kier alpha value is -3.91. The Kier molecular flexibility index (Phi) is 6.32. The third-order valence-electron chi connectivity index (χ3n) is 4.58. The summed E-state index contributed by atoms with van der Waals surface area (Å²) in [6.45, 7) is -0.158. The summed E-state index contributed by atoms with van der Waals surface area (Å²) in [5.41, 5.74) is 2.03. The molecule has 8 heteroatoms. The van der Waals surface area contributed by atoms with E-state index in [0.29, 0.717) is 27.2 Å². The summed E-state index contributed by atoms with van der Waals surface area (Å²) in [4.78, 5) is 38.1. The first-order valence-corrected chi connectivity index (χ1v) is 10.5. The molecule has 0 aliphatic carbocycles. The summed E-state index contributed by atoms with van der Waals surface area (Å²) in [6.07, 6.45) is 1.58. The topological polar surface area (TPSA) is 87.7 Å². The number of nitrogens with one attached hydrogen (secondary N) is 2. The smallest absolute Gasteiger partial charge is 0.333 e. The first-order valence-electron chi connectivity index (χ1n) is 9.71. The maximum absolute atomic E-state index is 12.7. The summed E-state index contributed by atoms with van der Waals surface area (Å²) in [5.74, 6) is -0.243. The SMILES string of the molecule is O=C(COc1ccc(C=C2NC(=O)N(c3ccccc3)C2=O)cc1Br)Nc1ccccc1. The van der Waals surface area contributed by atoms with E-state index in [4.69, 9.17) is 4.74 Å². The first kappa shape index (κ1) is 21.3. The molecule has 32 heavy (non-hydrogen) atoms. The number of amides is 4. The molecule has 1 heterocycles. The van der Waals surface area contributed by atoms with Crippen molar-refractivity contribution in [2.45, 2.75) is 0 Å². The summed E-state index contributed by atoms with van der Waals surface area (Å²) in [5, 5.41) is 5.34. The molecule has 0 radical (unpaired) electrons. The van der Waals surface area contributed by atoms with Crippen LogP contribution in [0.15, 0.2) is 89.0 Å². The van der Waals surface area contributed by atoms with Crippen LogP contribution in [-0.4, -0.2) is 24.5 Å². The van der Waals surface area contributed by atoms with Crippen molar-refractivity contribution in [2.75, 3.05) is 16.8 Å². The van der Waals surface area contributed by atoms with E-state index < -0.39 is 11.9 Å². The van der Waals surface area contributed by atoms with Crippen molar-refractivity contribution >= 4 is 51.2 Å². The van der Waals surface area contributed by atoms with E-state index in [1.807, 2.05) is 24.3 Å². The summed E-state index contributed by atoms with van der Waals surface area (Å²) < 4.78 is 6.19. The minimum atomic E-state index is -0.504. The molecule has 3 aromatic carbocycles. The van der Waals surface area contributed by atoms with E-state index in [-0.39, 0.29) is 18.2 Å². The van der Waals surface area contributed by atoms with Gasteiger partial charge in [0.15, 0.2) is 6.61 Å². The molecule has 0 spiro atoms. The Bertz CT molecular complexity index is 1200. The molecule has 4 rings (SSSR count). The van der Waals surface area contributed by atoms with Gasteiger partial charge in [-0.2, -0.15) is 0 Å². The van der Waals surface area contributed by atoms with Gasteiger partial charge < -0.3 is 15.4 Å². The van der Waals surface area contributed by atoms with Crippen molar-refractivity contribution in [3.8, 4) is 5.75 Å². The van der Waals surface area contributed by atoms with E-state index in [0.717, 1.165) is 4.90 Å². The highest BCUT2D eigenvalue weighted by atomic mass is 79.9. The molecule has 2 N–H and O–H groups in total. The quantitative estimate of drug-likeness (QED) is 0.390. The first-order chi connectivity index (χ1) is 15.5. The van der Waals surface area contributed by atoms with Crippen molar-refractivity contribution in [1.82, 2.24) is 5.32 Å². The highest BCUT2D eigenvalue weighted by Crippen LogP contribution is 2.28. The Morgan fingerprint density at radius 3 is 2.38 bits per heavy atom. The lowest BCUT2D eigenvalue weighted by molar-refractivity contribution is -0.118. The molecule has 0 bridgehead atoms. The zero-order valence-electron chi connectivity index (χ0n) is 16.7. The van der Waals surface area contributed by atoms with Crippen molar-refractivity contribution in [3.05, 3.63) is 94.6 Å². The van der Waals surface area contributed by atoms with Crippen molar-refractivity contribution in [1.29, 1.82) is 0 Å². The second-order valence-electron chi connectivity index (χ2n) is 6.86. The van der Waals surface area contributed by atoms with Crippen LogP contribution in [0.4, 0.5) is 16.2 Å². The van der Waals surface area contributed by atoms with Gasteiger partial charge in [-0.15, -0.1) is 0 Å². The molecule has 160 valence electrons. The van der Waals surface area contributed by atoms with Crippen LogP contribution in [0.3, 0.4) is 0 Å². The molecule has 0 atom stereocenters. The van der Waals surface area contributed by atoms with Gasteiger partial charge in [0.25, 0.3) is 11.8 Å². The van der Waals surface area contributed by atoms with Gasteiger partial charge in [0.1, 0.15) is 11.4 Å². The molecule has 1 saturated heterocycles. The van der Waals surface area contributed by atoms with Gasteiger partial charge in [-0.25, -0.2) is 9.69 Å². The molecule has 7 nitrogen and oxygen atoms in total. The molecule has 3 aromatic rings. The third-order valence-corrected chi connectivity index (χ3v) is 5.20. The van der Waals surface area contributed by atoms with Gasteiger partial charge >= 0.3 is 6.03 Å². The normalized spacial score (nSPS) is 14.4. The number of carbonyl (C=O) groups is 3. The van der Waals surface area contributed by atoms with E-state index in [2.05, 4.69) is 26.6 Å². The minimum Gasteiger partial charge on any atom is -0.483 e. The highest BCUT2D eigenvalue weighted by molar-refractivity contribution is 9.10. The summed E-state index contributed by atoms with van der Waals surface area (Å²) in [6, 6.07) is 22.5. The zero-order chi connectivity index (χ0) is 22.5. The van der Waals surface area contributed by atoms with Gasteiger partial charge in [-0.05, 0) is 64.0 Å². The van der Waals surface area contributed by atoms with Gasteiger partial charge in [0, 0.05) is 5.69 Å². The molecule has 1 aliphatic heterocycles. The standard InChI is InChI=1S/C24H18BrN3O4/c25-19-13-16(11-12-21(19)32-15-22(29)26-17-7-3-1-4-8-17)14-20-23(30)28(24(31)27-20)18-9-5-2-6-10-18/h1-14H,15H2,(H,26,29)(H,27,31). The molecule has 0 aromatic heterocycles. The lowest BCUT2D eigenvalue weighted by Gasteiger charge is -2.11. The zero-order valence-corrected chi connectivity index (χ0v) is 18.3. The second kappa shape index (κ2) is 9.49. The van der Waals surface area contributed by atoms with E-state index in [1.54, 1.807) is 60.7 Å². The van der Waals surface area contributed by atoms with Gasteiger partial charge in [-0.1, -0.05) is 42.5 Å². The lowest BCUT2D eigenvalue weighted by Crippen LogP contribution is -2.30. The number of anilines is 2. The third kappa shape index (κ3) is 4.87. The van der Waals surface area contributed by atoms with Crippen LogP contribution in [0, 0.1) is 0 Å². The number of benzene rings is 3. The number of rotatable bonds is 6. The Morgan fingerprint density at radius 1 is 1.00 bits per heavy atom. The Labute approximate surface area is 192 Å². The monoisotopic (exact) mass is 491 g/mol. The van der Waals surface area contributed by atoms with Crippen LogP contribution in [0.1, 0.15) is 5.56 Å². The lowest BCUT2D eigenvalue weighted by atomic mass is 10.2. The fourth-order valence-corrected chi connectivity index (χ4v) is 3.61. The average Bonchev–Trinajstić information content (AvgIpc) is 3.07. The van der Waals surface area contributed by atoms with Crippen molar-refractivity contribution in [2.24, 2.45) is 0 Å². The van der Waals surface area contributed by atoms with Crippen LogP contribution < -0.4 is 20.3 Å². The summed E-state index contributed by atoms with van der Waals surface area (Å²) >= 11 is 3.42. The number of halogens is 1. The van der Waals surface area contributed by atoms with Crippen LogP contribution in [0.5, 0.6) is 5.75 Å². The average molecular weight is 492 g/mol. The molecule has 0 unspecified atom stereocenters. The van der Waals surface area contributed by atoms with Crippen LogP contribution >= 0.6 is 15.9 Å². The van der Waals surface area contributed by atoms with Crippen molar-refractivity contribution in [3.63, 3.8) is 0 Å². The van der Waals surface area contributed by atoms with Gasteiger partial charge in [0.05, 0.1) is 10.2 Å².